The van der Waals surface area contributed by atoms with Crippen molar-refractivity contribution < 1.29 is 4.79 Å². The average Bonchev–Trinajstić information content (AvgIpc) is 3.31. The number of hydrogen-bond acceptors (Lipinski definition) is 5. The summed E-state index contributed by atoms with van der Waals surface area (Å²) in [6.45, 7) is 6.41. The van der Waals surface area contributed by atoms with Crippen molar-refractivity contribution in [1.29, 1.82) is 0 Å². The summed E-state index contributed by atoms with van der Waals surface area (Å²) < 4.78 is 0. The van der Waals surface area contributed by atoms with Gasteiger partial charge in [-0.1, -0.05) is 6.92 Å². The van der Waals surface area contributed by atoms with Crippen LogP contribution in [0.4, 0.5) is 11.6 Å². The summed E-state index contributed by atoms with van der Waals surface area (Å²) in [5.41, 5.74) is 0. The van der Waals surface area contributed by atoms with Gasteiger partial charge in [-0.3, -0.25) is 4.79 Å². The Labute approximate surface area is 125 Å². The van der Waals surface area contributed by atoms with Gasteiger partial charge in [-0.25, -0.2) is 9.97 Å². The summed E-state index contributed by atoms with van der Waals surface area (Å²) in [5.74, 6) is 3.26. The van der Waals surface area contributed by atoms with E-state index in [1.54, 1.807) is 0 Å². The van der Waals surface area contributed by atoms with Crippen molar-refractivity contribution in [2.24, 2.45) is 0 Å². The molecule has 1 saturated heterocycles. The summed E-state index contributed by atoms with van der Waals surface area (Å²) in [5, 5.41) is 6.21. The Balaban J connectivity index is 1.93. The maximum Gasteiger partial charge on any atom is 0.242 e. The second-order valence-electron chi connectivity index (χ2n) is 5.68. The van der Waals surface area contributed by atoms with Gasteiger partial charge in [-0.05, 0) is 26.2 Å². The molecule has 1 aromatic rings. The van der Waals surface area contributed by atoms with Gasteiger partial charge in [0.05, 0.1) is 0 Å². The fourth-order valence-electron chi connectivity index (χ4n) is 2.79. The maximum absolute atomic E-state index is 12.0. The molecule has 1 unspecified atom stereocenters. The second kappa shape index (κ2) is 5.87. The molecule has 6 nitrogen and oxygen atoms in total. The highest BCUT2D eigenvalue weighted by atomic mass is 16.2. The molecule has 1 saturated carbocycles. The minimum atomic E-state index is -0.129. The highest BCUT2D eigenvalue weighted by molar-refractivity contribution is 5.86. The third kappa shape index (κ3) is 2.94. The molecule has 2 N–H and O–H groups in total. The maximum atomic E-state index is 12.0. The van der Waals surface area contributed by atoms with E-state index in [9.17, 15) is 4.79 Å². The molecule has 0 bridgehead atoms. The largest absolute Gasteiger partial charge is 0.370 e. The van der Waals surface area contributed by atoms with Crippen LogP contribution in [0.1, 0.15) is 44.9 Å². The van der Waals surface area contributed by atoms with E-state index < -0.39 is 0 Å². The fourth-order valence-corrected chi connectivity index (χ4v) is 2.79. The fraction of sp³-hybridized carbons (Fsp3) is 0.667. The molecule has 2 aliphatic rings. The number of carbonyl (C=O) groups excluding carboxylic acids is 1. The molecule has 0 aromatic carbocycles. The molecule has 21 heavy (non-hydrogen) atoms. The lowest BCUT2D eigenvalue weighted by atomic mass is 10.1. The quantitative estimate of drug-likeness (QED) is 0.859. The topological polar surface area (TPSA) is 70.2 Å². The number of piperazine rings is 1. The zero-order chi connectivity index (χ0) is 14.8. The molecular weight excluding hydrogens is 266 g/mol. The molecule has 2 heterocycles. The predicted octanol–water partition coefficient (Wildman–Crippen LogP) is 1.50. The summed E-state index contributed by atoms with van der Waals surface area (Å²) >= 11 is 0. The first-order valence-corrected chi connectivity index (χ1v) is 7.90. The van der Waals surface area contributed by atoms with E-state index in [2.05, 4.69) is 27.4 Å². The summed E-state index contributed by atoms with van der Waals surface area (Å²) in [6.07, 6.45) is 3.13. The number of amides is 1. The van der Waals surface area contributed by atoms with Gasteiger partial charge in [0.15, 0.2) is 0 Å². The molecule has 2 fully saturated rings. The summed E-state index contributed by atoms with van der Waals surface area (Å²) in [7, 11) is 0. The molecular formula is C15H23N5O. The predicted molar refractivity (Wildman–Crippen MR) is 82.6 cm³/mol. The number of nitrogens with one attached hydrogen (secondary N) is 2. The number of carbonyl (C=O) groups is 1. The van der Waals surface area contributed by atoms with Crippen LogP contribution in [0, 0.1) is 0 Å². The van der Waals surface area contributed by atoms with Crippen LogP contribution in [0.2, 0.25) is 0 Å². The zero-order valence-electron chi connectivity index (χ0n) is 12.7. The Morgan fingerprint density at radius 2 is 2.19 bits per heavy atom. The van der Waals surface area contributed by atoms with Crippen LogP contribution < -0.4 is 15.5 Å². The van der Waals surface area contributed by atoms with Gasteiger partial charge in [0.2, 0.25) is 5.91 Å². The van der Waals surface area contributed by atoms with Gasteiger partial charge in [-0.2, -0.15) is 0 Å². The smallest absolute Gasteiger partial charge is 0.242 e. The van der Waals surface area contributed by atoms with Crippen LogP contribution in [0.3, 0.4) is 0 Å². The van der Waals surface area contributed by atoms with Crippen molar-refractivity contribution >= 4 is 17.5 Å². The monoisotopic (exact) mass is 289 g/mol. The number of aromatic nitrogens is 2. The minimum absolute atomic E-state index is 0.0975. The van der Waals surface area contributed by atoms with E-state index in [0.717, 1.165) is 37.0 Å². The van der Waals surface area contributed by atoms with Crippen LogP contribution in [-0.4, -0.2) is 41.6 Å². The number of anilines is 2. The van der Waals surface area contributed by atoms with Gasteiger partial charge in [0.1, 0.15) is 23.5 Å². The van der Waals surface area contributed by atoms with E-state index in [-0.39, 0.29) is 11.9 Å². The minimum Gasteiger partial charge on any atom is -0.370 e. The Morgan fingerprint density at radius 3 is 2.86 bits per heavy atom. The van der Waals surface area contributed by atoms with E-state index in [1.165, 1.54) is 12.8 Å². The Bertz CT molecular complexity index is 529. The molecule has 3 rings (SSSR count). The molecule has 1 atom stereocenters. The lowest BCUT2D eigenvalue weighted by molar-refractivity contribution is -0.123. The van der Waals surface area contributed by atoms with Gasteiger partial charge in [0, 0.05) is 31.6 Å². The molecule has 1 aliphatic carbocycles. The first-order valence-electron chi connectivity index (χ1n) is 7.90. The van der Waals surface area contributed by atoms with Crippen molar-refractivity contribution in [3.8, 4) is 0 Å². The summed E-state index contributed by atoms with van der Waals surface area (Å²) in [6, 6.07) is 1.84. The van der Waals surface area contributed by atoms with Crippen LogP contribution in [0.15, 0.2) is 6.07 Å². The van der Waals surface area contributed by atoms with Crippen molar-refractivity contribution in [2.45, 2.75) is 45.1 Å². The highest BCUT2D eigenvalue weighted by Gasteiger charge is 2.32. The molecule has 6 heteroatoms. The van der Waals surface area contributed by atoms with E-state index in [0.29, 0.717) is 12.5 Å². The van der Waals surface area contributed by atoms with Gasteiger partial charge in [-0.15, -0.1) is 0 Å². The number of hydrogen-bond donors (Lipinski definition) is 2. The van der Waals surface area contributed by atoms with Crippen molar-refractivity contribution in [1.82, 2.24) is 15.3 Å². The normalized spacial score (nSPS) is 22.1. The lowest BCUT2D eigenvalue weighted by Crippen LogP contribution is -2.55. The number of nitrogens with zero attached hydrogens (tertiary/aromatic N) is 3. The molecule has 0 radical (unpaired) electrons. The van der Waals surface area contributed by atoms with Crippen molar-refractivity contribution in [3.05, 3.63) is 11.9 Å². The van der Waals surface area contributed by atoms with Gasteiger partial charge in [0.25, 0.3) is 0 Å². The average molecular weight is 289 g/mol. The second-order valence-corrected chi connectivity index (χ2v) is 5.68. The van der Waals surface area contributed by atoms with E-state index in [4.69, 9.17) is 4.98 Å². The van der Waals surface area contributed by atoms with Crippen LogP contribution in [0.25, 0.3) is 0 Å². The summed E-state index contributed by atoms with van der Waals surface area (Å²) in [4.78, 5) is 23.5. The van der Waals surface area contributed by atoms with Crippen LogP contribution in [0.5, 0.6) is 0 Å². The van der Waals surface area contributed by atoms with Crippen molar-refractivity contribution in [3.63, 3.8) is 0 Å². The molecule has 1 aromatic heterocycles. The third-order valence-electron chi connectivity index (χ3n) is 4.04. The van der Waals surface area contributed by atoms with Gasteiger partial charge < -0.3 is 15.5 Å². The standard InChI is InChI=1S/C15H23N5O/c1-3-11-15(21)17-7-8-20(11)13-9-12(16-4-2)18-14(19-13)10-5-6-10/h9-11H,3-8H2,1-2H3,(H,17,21)(H,16,18,19). The molecule has 114 valence electrons. The van der Waals surface area contributed by atoms with E-state index in [1.807, 2.05) is 13.0 Å². The Kier molecular flexibility index (Phi) is 3.94. The van der Waals surface area contributed by atoms with E-state index >= 15 is 0 Å². The first kappa shape index (κ1) is 14.1. The van der Waals surface area contributed by atoms with Crippen molar-refractivity contribution in [2.75, 3.05) is 29.9 Å². The third-order valence-corrected chi connectivity index (χ3v) is 4.04. The first-order chi connectivity index (χ1) is 10.2. The lowest BCUT2D eigenvalue weighted by Gasteiger charge is -2.35. The highest BCUT2D eigenvalue weighted by Crippen LogP contribution is 2.39. The Hall–Kier alpha value is -1.85. The SMILES string of the molecule is CCNc1cc(N2CCNC(=O)C2CC)nc(C2CC2)n1. The van der Waals surface area contributed by atoms with Crippen LogP contribution >= 0.6 is 0 Å². The molecule has 1 amide bonds. The number of rotatable bonds is 5. The molecule has 1 aliphatic heterocycles. The molecule has 0 spiro atoms. The van der Waals surface area contributed by atoms with Crippen LogP contribution in [-0.2, 0) is 4.79 Å². The zero-order valence-corrected chi connectivity index (χ0v) is 12.7. The Morgan fingerprint density at radius 1 is 1.38 bits per heavy atom. The van der Waals surface area contributed by atoms with Gasteiger partial charge >= 0.3 is 0 Å².